The van der Waals surface area contributed by atoms with Gasteiger partial charge in [0.05, 0.1) is 24.6 Å². The van der Waals surface area contributed by atoms with Gasteiger partial charge in [0.1, 0.15) is 0 Å². The Hall–Kier alpha value is -2.03. The summed E-state index contributed by atoms with van der Waals surface area (Å²) in [6, 6.07) is 13.8. The van der Waals surface area contributed by atoms with Gasteiger partial charge >= 0.3 is 12.1 Å². The van der Waals surface area contributed by atoms with Gasteiger partial charge in [-0.1, -0.05) is 46.6 Å². The average Bonchev–Trinajstić information content (AvgIpc) is 3.13. The predicted octanol–water partition coefficient (Wildman–Crippen LogP) is 7.05. The minimum absolute atomic E-state index is 0.158. The van der Waals surface area contributed by atoms with Crippen LogP contribution in [0.1, 0.15) is 32.3 Å². The highest BCUT2D eigenvalue weighted by Gasteiger charge is 2.43. The van der Waals surface area contributed by atoms with Crippen molar-refractivity contribution in [3.8, 4) is 0 Å². The van der Waals surface area contributed by atoms with E-state index in [1.165, 1.54) is 5.01 Å². The molecule has 3 rings (SSSR count). The molecular formula is C24H27BrClN3O3S. The van der Waals surface area contributed by atoms with E-state index < -0.39 is 12.1 Å². The molecule has 2 aromatic rings. The molecule has 6 nitrogen and oxygen atoms in total. The Morgan fingerprint density at radius 3 is 2.48 bits per heavy atom. The summed E-state index contributed by atoms with van der Waals surface area (Å²) in [6.07, 6.45) is 3.19. The number of hydrogen-bond acceptors (Lipinski definition) is 5. The van der Waals surface area contributed by atoms with Gasteiger partial charge in [0.15, 0.2) is 0 Å². The van der Waals surface area contributed by atoms with Crippen molar-refractivity contribution < 1.29 is 14.3 Å². The zero-order chi connectivity index (χ0) is 24.0. The predicted molar refractivity (Wildman–Crippen MR) is 139 cm³/mol. The van der Waals surface area contributed by atoms with E-state index in [9.17, 15) is 9.59 Å². The van der Waals surface area contributed by atoms with E-state index in [1.54, 1.807) is 43.0 Å². The van der Waals surface area contributed by atoms with E-state index in [0.717, 1.165) is 39.2 Å². The summed E-state index contributed by atoms with van der Waals surface area (Å²) in [5.41, 5.74) is 1.78. The summed E-state index contributed by atoms with van der Waals surface area (Å²) in [6.45, 7) is 4.34. The average molecular weight is 553 g/mol. The molecule has 0 aromatic heterocycles. The first kappa shape index (κ1) is 25.6. The summed E-state index contributed by atoms with van der Waals surface area (Å²) in [7, 11) is 0. The summed E-state index contributed by atoms with van der Waals surface area (Å²) in [5, 5.41) is 6.73. The van der Waals surface area contributed by atoms with Crippen LogP contribution in [0.4, 0.5) is 15.3 Å². The maximum atomic E-state index is 13.6. The maximum Gasteiger partial charge on any atom is 0.422 e. The van der Waals surface area contributed by atoms with Crippen LogP contribution in [0.2, 0.25) is 5.02 Å². The highest BCUT2D eigenvalue weighted by Crippen LogP contribution is 2.37. The lowest BCUT2D eigenvalue weighted by molar-refractivity contribution is 0.154. The number of benzene rings is 2. The number of imide groups is 1. The molecule has 176 valence electrons. The zero-order valence-corrected chi connectivity index (χ0v) is 22.0. The summed E-state index contributed by atoms with van der Waals surface area (Å²) in [4.78, 5) is 27.4. The number of nitrogens with zero attached hydrogens (tertiary/aromatic N) is 3. The topological polar surface area (TPSA) is 62.2 Å². The standard InChI is InChI=1S/C24H27BrClN3O3S/c1-4-32-23(31)29(20-12-8-18(25)9-13-20)22(30)28-16-24(2,14-5-15-33-3)21(27-28)17-6-10-19(26)11-7-17/h6-13H,4-5,14-16H2,1-3H3. The molecule has 1 aliphatic heterocycles. The van der Waals surface area contributed by atoms with Gasteiger partial charge in [-0.15, -0.1) is 0 Å². The molecule has 1 atom stereocenters. The van der Waals surface area contributed by atoms with Crippen molar-refractivity contribution >= 4 is 62.8 Å². The third-order valence-corrected chi connectivity index (χ3v) is 6.91. The fourth-order valence-electron chi connectivity index (χ4n) is 3.80. The second-order valence-electron chi connectivity index (χ2n) is 7.96. The quantitative estimate of drug-likeness (QED) is 0.345. The molecule has 0 spiro atoms. The SMILES string of the molecule is CCOC(=O)N(C(=O)N1CC(C)(CCCSC)C(c2ccc(Cl)cc2)=N1)c1ccc(Br)cc1. The molecule has 1 heterocycles. The van der Waals surface area contributed by atoms with E-state index in [2.05, 4.69) is 29.1 Å². The number of amides is 3. The van der Waals surface area contributed by atoms with Crippen molar-refractivity contribution in [1.29, 1.82) is 0 Å². The molecule has 0 saturated carbocycles. The van der Waals surface area contributed by atoms with Gasteiger partial charge in [-0.05, 0) is 73.7 Å². The van der Waals surface area contributed by atoms with Gasteiger partial charge in [0, 0.05) is 14.9 Å². The number of hydrogen-bond donors (Lipinski definition) is 0. The number of thioether (sulfide) groups is 1. The summed E-state index contributed by atoms with van der Waals surface area (Å²) >= 11 is 11.3. The third kappa shape index (κ3) is 6.11. The van der Waals surface area contributed by atoms with Crippen LogP contribution in [0.15, 0.2) is 58.1 Å². The van der Waals surface area contributed by atoms with Gasteiger partial charge in [-0.3, -0.25) is 0 Å². The van der Waals surface area contributed by atoms with Crippen molar-refractivity contribution in [2.24, 2.45) is 10.5 Å². The van der Waals surface area contributed by atoms with E-state index >= 15 is 0 Å². The molecular weight excluding hydrogens is 526 g/mol. The lowest BCUT2D eigenvalue weighted by Gasteiger charge is -2.28. The van der Waals surface area contributed by atoms with E-state index in [4.69, 9.17) is 21.4 Å². The van der Waals surface area contributed by atoms with Crippen LogP contribution in [-0.4, -0.2) is 48.0 Å². The molecule has 0 aliphatic carbocycles. The van der Waals surface area contributed by atoms with Crippen molar-refractivity contribution in [3.05, 3.63) is 63.6 Å². The van der Waals surface area contributed by atoms with Crippen LogP contribution in [0.5, 0.6) is 0 Å². The summed E-state index contributed by atoms with van der Waals surface area (Å²) in [5.74, 6) is 1.02. The Kier molecular flexibility index (Phi) is 8.84. The molecule has 0 saturated heterocycles. The number of hydrazone groups is 1. The van der Waals surface area contributed by atoms with Gasteiger partial charge in [0.2, 0.25) is 0 Å². The molecule has 0 fully saturated rings. The van der Waals surface area contributed by atoms with Crippen LogP contribution in [0.3, 0.4) is 0 Å². The first-order valence-corrected chi connectivity index (χ1v) is 13.2. The highest BCUT2D eigenvalue weighted by molar-refractivity contribution is 9.10. The fourth-order valence-corrected chi connectivity index (χ4v) is 4.62. The van der Waals surface area contributed by atoms with Crippen molar-refractivity contribution in [3.63, 3.8) is 0 Å². The second-order valence-corrected chi connectivity index (χ2v) is 10.3. The van der Waals surface area contributed by atoms with Gasteiger partial charge < -0.3 is 4.74 Å². The Labute approximate surface area is 212 Å². The van der Waals surface area contributed by atoms with Crippen LogP contribution in [-0.2, 0) is 4.74 Å². The van der Waals surface area contributed by atoms with E-state index in [-0.39, 0.29) is 12.0 Å². The van der Waals surface area contributed by atoms with Crippen molar-refractivity contribution in [2.75, 3.05) is 30.1 Å². The third-order valence-electron chi connectivity index (χ3n) is 5.43. The molecule has 1 aliphatic rings. The highest BCUT2D eigenvalue weighted by atomic mass is 79.9. The van der Waals surface area contributed by atoms with Crippen molar-refractivity contribution in [1.82, 2.24) is 5.01 Å². The molecule has 0 N–H and O–H groups in total. The van der Waals surface area contributed by atoms with Crippen LogP contribution >= 0.6 is 39.3 Å². The molecule has 3 amide bonds. The van der Waals surface area contributed by atoms with Crippen LogP contribution in [0.25, 0.3) is 0 Å². The number of ether oxygens (including phenoxy) is 1. The monoisotopic (exact) mass is 551 g/mol. The number of urea groups is 1. The second kappa shape index (κ2) is 11.4. The van der Waals surface area contributed by atoms with E-state index in [1.807, 2.05) is 24.3 Å². The number of halogens is 2. The Morgan fingerprint density at radius 2 is 1.88 bits per heavy atom. The molecule has 1 unspecified atom stereocenters. The van der Waals surface area contributed by atoms with Crippen molar-refractivity contribution in [2.45, 2.75) is 26.7 Å². The number of carbonyl (C=O) groups excluding carboxylic acids is 2. The fraction of sp³-hybridized carbons (Fsp3) is 0.375. The van der Waals surface area contributed by atoms with Gasteiger partial charge in [0.25, 0.3) is 0 Å². The zero-order valence-electron chi connectivity index (χ0n) is 18.9. The first-order chi connectivity index (χ1) is 15.8. The minimum Gasteiger partial charge on any atom is -0.449 e. The normalized spacial score (nSPS) is 17.6. The molecule has 9 heteroatoms. The Balaban J connectivity index is 1.97. The Morgan fingerprint density at radius 1 is 1.21 bits per heavy atom. The van der Waals surface area contributed by atoms with Gasteiger partial charge in [-0.25, -0.2) is 14.6 Å². The maximum absolute atomic E-state index is 13.6. The summed E-state index contributed by atoms with van der Waals surface area (Å²) < 4.78 is 6.03. The molecule has 33 heavy (non-hydrogen) atoms. The number of carbonyl (C=O) groups is 2. The first-order valence-electron chi connectivity index (χ1n) is 10.7. The van der Waals surface area contributed by atoms with Crippen LogP contribution < -0.4 is 4.90 Å². The smallest absolute Gasteiger partial charge is 0.422 e. The van der Waals surface area contributed by atoms with E-state index in [0.29, 0.717) is 17.3 Å². The number of anilines is 1. The molecule has 2 aromatic carbocycles. The molecule has 0 bridgehead atoms. The van der Waals surface area contributed by atoms with Crippen LogP contribution in [0, 0.1) is 5.41 Å². The largest absolute Gasteiger partial charge is 0.449 e. The molecule has 0 radical (unpaired) electrons. The number of rotatable bonds is 7. The lowest BCUT2D eigenvalue weighted by Crippen LogP contribution is -2.45. The lowest BCUT2D eigenvalue weighted by atomic mass is 9.78. The van der Waals surface area contributed by atoms with Gasteiger partial charge in [-0.2, -0.15) is 21.8 Å². The Bertz CT molecular complexity index is 1020. The minimum atomic E-state index is -0.732.